The van der Waals surface area contributed by atoms with Crippen molar-refractivity contribution in [1.29, 1.82) is 0 Å². The summed E-state index contributed by atoms with van der Waals surface area (Å²) in [5.74, 6) is 2.11. The van der Waals surface area contributed by atoms with E-state index in [0.29, 0.717) is 18.0 Å². The molecule has 0 aliphatic rings. The minimum atomic E-state index is -0.182. The van der Waals surface area contributed by atoms with Gasteiger partial charge in [-0.3, -0.25) is 4.99 Å². The van der Waals surface area contributed by atoms with Crippen molar-refractivity contribution in [2.24, 2.45) is 10.9 Å². The fourth-order valence-corrected chi connectivity index (χ4v) is 3.64. The molecule has 31 heavy (non-hydrogen) atoms. The third-order valence-corrected chi connectivity index (χ3v) is 5.41. The van der Waals surface area contributed by atoms with E-state index < -0.39 is 0 Å². The first-order chi connectivity index (χ1) is 14.3. The molecule has 0 fully saturated rings. The van der Waals surface area contributed by atoms with Crippen molar-refractivity contribution >= 4 is 41.7 Å². The third-order valence-electron chi connectivity index (χ3n) is 4.75. The Balaban J connectivity index is 0.00000480. The summed E-state index contributed by atoms with van der Waals surface area (Å²) in [6.45, 7) is 12.6. The lowest BCUT2D eigenvalue weighted by molar-refractivity contribution is 0.477. The Kier molecular flexibility index (Phi) is 12.4. The van der Waals surface area contributed by atoms with Crippen LogP contribution in [0.1, 0.15) is 57.1 Å². The van der Waals surface area contributed by atoms with Crippen molar-refractivity contribution in [1.82, 2.24) is 25.4 Å². The average molecular weight is 563 g/mol. The molecule has 1 atom stereocenters. The second-order valence-corrected chi connectivity index (χ2v) is 8.62. The van der Waals surface area contributed by atoms with Crippen molar-refractivity contribution in [2.45, 2.75) is 65.2 Å². The van der Waals surface area contributed by atoms with Crippen LogP contribution in [0.15, 0.2) is 28.3 Å². The monoisotopic (exact) mass is 562 g/mol. The van der Waals surface area contributed by atoms with Gasteiger partial charge in [0.25, 0.3) is 0 Å². The van der Waals surface area contributed by atoms with Gasteiger partial charge in [-0.1, -0.05) is 37.7 Å². The predicted molar refractivity (Wildman–Crippen MR) is 139 cm³/mol. The summed E-state index contributed by atoms with van der Waals surface area (Å²) in [5.41, 5.74) is 1.55. The van der Waals surface area contributed by atoms with Gasteiger partial charge in [-0.15, -0.1) is 34.2 Å². The molecule has 0 saturated heterocycles. The summed E-state index contributed by atoms with van der Waals surface area (Å²) in [4.78, 5) is 4.69. The fraction of sp³-hybridized carbons (Fsp3) is 0.591. The quantitative estimate of drug-likeness (QED) is 0.141. The zero-order chi connectivity index (χ0) is 22.1. The average Bonchev–Trinajstić information content (AvgIpc) is 3.08. The predicted octanol–water partition coefficient (Wildman–Crippen LogP) is 4.97. The number of guanidine groups is 1. The number of thioether (sulfide) groups is 1. The molecule has 0 aliphatic heterocycles. The summed E-state index contributed by atoms with van der Waals surface area (Å²) < 4.78 is 16.1. The van der Waals surface area contributed by atoms with E-state index in [1.807, 2.05) is 32.2 Å². The highest BCUT2D eigenvalue weighted by Gasteiger charge is 2.13. The molecule has 0 bridgehead atoms. The van der Waals surface area contributed by atoms with Crippen LogP contribution in [0.5, 0.6) is 0 Å². The molecular weight excluding hydrogens is 526 g/mol. The number of hydrogen-bond acceptors (Lipinski definition) is 4. The molecule has 0 spiro atoms. The molecule has 6 nitrogen and oxygen atoms in total. The van der Waals surface area contributed by atoms with Gasteiger partial charge in [0.05, 0.1) is 6.04 Å². The van der Waals surface area contributed by atoms with Gasteiger partial charge in [-0.2, -0.15) is 0 Å². The normalized spacial score (nSPS) is 12.6. The van der Waals surface area contributed by atoms with Crippen LogP contribution < -0.4 is 10.6 Å². The van der Waals surface area contributed by atoms with Gasteiger partial charge < -0.3 is 15.2 Å². The zero-order valence-corrected chi connectivity index (χ0v) is 22.6. The van der Waals surface area contributed by atoms with Crippen LogP contribution in [0, 0.1) is 18.7 Å². The standard InChI is InChI=1S/C22H35FN6S.HI/c1-7-24-21(26-17(5)18-11-10-16(4)19(23)13-18)25-12-8-9-20-27-28-22(30-6)29(20)14-15(2)3;/h10-11,13,15,17H,7-9,12,14H2,1-6H3,(H2,24,25,26);1H. The Morgan fingerprint density at radius 2 is 2.00 bits per heavy atom. The van der Waals surface area contributed by atoms with Crippen LogP contribution in [0.2, 0.25) is 0 Å². The second kappa shape index (κ2) is 13.9. The number of hydrogen-bond donors (Lipinski definition) is 2. The number of nitrogens with zero attached hydrogens (tertiary/aromatic N) is 4. The maximum Gasteiger partial charge on any atom is 0.191 e. The number of aromatic nitrogens is 3. The molecular formula is C22H36FIN6S. The number of nitrogens with one attached hydrogen (secondary N) is 2. The van der Waals surface area contributed by atoms with Crippen LogP contribution >= 0.6 is 35.7 Å². The summed E-state index contributed by atoms with van der Waals surface area (Å²) in [5, 5.41) is 16.3. The van der Waals surface area contributed by atoms with E-state index in [2.05, 4.69) is 44.2 Å². The Hall–Kier alpha value is -1.36. The number of aryl methyl sites for hydroxylation is 2. The lowest BCUT2D eigenvalue weighted by Crippen LogP contribution is -2.38. The molecule has 0 aliphatic carbocycles. The van der Waals surface area contributed by atoms with E-state index in [0.717, 1.165) is 48.4 Å². The number of aliphatic imine (C=N–C) groups is 1. The van der Waals surface area contributed by atoms with Crippen LogP contribution in [-0.4, -0.2) is 40.1 Å². The molecule has 0 amide bonds. The molecule has 1 heterocycles. The maximum absolute atomic E-state index is 13.9. The van der Waals surface area contributed by atoms with Gasteiger partial charge in [0, 0.05) is 26.1 Å². The maximum atomic E-state index is 13.9. The van der Waals surface area contributed by atoms with Crippen LogP contribution in [0.25, 0.3) is 0 Å². The largest absolute Gasteiger partial charge is 0.357 e. The molecule has 0 saturated carbocycles. The van der Waals surface area contributed by atoms with Gasteiger partial charge in [0.1, 0.15) is 11.6 Å². The van der Waals surface area contributed by atoms with Gasteiger partial charge in [0.2, 0.25) is 0 Å². The van der Waals surface area contributed by atoms with E-state index in [1.54, 1.807) is 24.8 Å². The van der Waals surface area contributed by atoms with Crippen molar-refractivity contribution in [3.8, 4) is 0 Å². The minimum absolute atomic E-state index is 0. The lowest BCUT2D eigenvalue weighted by atomic mass is 10.1. The topological polar surface area (TPSA) is 67.1 Å². The SMILES string of the molecule is CCNC(=NCCCc1nnc(SC)n1CC(C)C)NC(C)c1ccc(C)c(F)c1.I. The first-order valence-electron chi connectivity index (χ1n) is 10.6. The fourth-order valence-electron chi connectivity index (χ4n) is 3.12. The molecule has 0 radical (unpaired) electrons. The van der Waals surface area contributed by atoms with Crippen LogP contribution in [0.4, 0.5) is 4.39 Å². The van der Waals surface area contributed by atoms with Crippen LogP contribution in [0.3, 0.4) is 0 Å². The minimum Gasteiger partial charge on any atom is -0.357 e. The molecule has 174 valence electrons. The van der Waals surface area contributed by atoms with Crippen molar-refractivity contribution < 1.29 is 4.39 Å². The number of halogens is 2. The molecule has 1 aromatic heterocycles. The van der Waals surface area contributed by atoms with E-state index in [9.17, 15) is 4.39 Å². The molecule has 2 aromatic rings. The van der Waals surface area contributed by atoms with Gasteiger partial charge in [-0.05, 0) is 56.6 Å². The molecule has 1 unspecified atom stereocenters. The summed E-state index contributed by atoms with van der Waals surface area (Å²) in [6.07, 6.45) is 3.75. The Bertz CT molecular complexity index is 839. The highest BCUT2D eigenvalue weighted by Crippen LogP contribution is 2.17. The molecule has 1 aromatic carbocycles. The third kappa shape index (κ3) is 8.59. The number of rotatable bonds is 10. The van der Waals surface area contributed by atoms with E-state index in [4.69, 9.17) is 0 Å². The Morgan fingerprint density at radius 3 is 2.61 bits per heavy atom. The van der Waals surface area contributed by atoms with Crippen molar-refractivity contribution in [3.05, 3.63) is 41.0 Å². The van der Waals surface area contributed by atoms with Crippen molar-refractivity contribution in [3.63, 3.8) is 0 Å². The van der Waals surface area contributed by atoms with Gasteiger partial charge in [0.15, 0.2) is 11.1 Å². The molecule has 9 heteroatoms. The summed E-state index contributed by atoms with van der Waals surface area (Å²) in [6, 6.07) is 5.30. The van der Waals surface area contributed by atoms with Gasteiger partial charge >= 0.3 is 0 Å². The second-order valence-electron chi connectivity index (χ2n) is 7.85. The molecule has 2 N–H and O–H groups in total. The summed E-state index contributed by atoms with van der Waals surface area (Å²) in [7, 11) is 0. The zero-order valence-electron chi connectivity index (χ0n) is 19.4. The van der Waals surface area contributed by atoms with E-state index in [-0.39, 0.29) is 35.8 Å². The Morgan fingerprint density at radius 1 is 1.26 bits per heavy atom. The lowest BCUT2D eigenvalue weighted by Gasteiger charge is -2.18. The first kappa shape index (κ1) is 27.7. The van der Waals surface area contributed by atoms with E-state index >= 15 is 0 Å². The smallest absolute Gasteiger partial charge is 0.191 e. The Labute approximate surface area is 207 Å². The summed E-state index contributed by atoms with van der Waals surface area (Å²) >= 11 is 1.63. The van der Waals surface area contributed by atoms with E-state index in [1.165, 1.54) is 0 Å². The van der Waals surface area contributed by atoms with Crippen LogP contribution in [-0.2, 0) is 13.0 Å². The molecule has 2 rings (SSSR count). The highest BCUT2D eigenvalue weighted by molar-refractivity contribution is 14.0. The highest BCUT2D eigenvalue weighted by atomic mass is 127. The van der Waals surface area contributed by atoms with Crippen molar-refractivity contribution in [2.75, 3.05) is 19.3 Å². The number of benzene rings is 1. The van der Waals surface area contributed by atoms with Gasteiger partial charge in [-0.25, -0.2) is 4.39 Å². The first-order valence-corrected chi connectivity index (χ1v) is 11.8.